The number of rotatable bonds is 4. The molecule has 0 saturated carbocycles. The fourth-order valence-electron chi connectivity index (χ4n) is 2.70. The van der Waals surface area contributed by atoms with Crippen molar-refractivity contribution in [2.75, 3.05) is 0 Å². The van der Waals surface area contributed by atoms with Gasteiger partial charge in [0.15, 0.2) is 0 Å². The van der Waals surface area contributed by atoms with Gasteiger partial charge in [0, 0.05) is 24.9 Å². The van der Waals surface area contributed by atoms with Crippen LogP contribution in [-0.2, 0) is 9.53 Å². The molecular weight excluding hydrogens is 206 g/mol. The highest BCUT2D eigenvalue weighted by Gasteiger charge is 2.41. The molecule has 16 heavy (non-hydrogen) atoms. The average Bonchev–Trinajstić information content (AvgIpc) is 2.51. The molecule has 2 aliphatic heterocycles. The number of unbranched alkanes of at least 4 members (excludes halogenated alkanes) is 1. The van der Waals surface area contributed by atoms with Crippen LogP contribution in [0.1, 0.15) is 45.4 Å². The minimum atomic E-state index is -0.226. The van der Waals surface area contributed by atoms with E-state index in [0.717, 1.165) is 25.7 Å². The molecular formula is C12H21NO3. The zero-order valence-electron chi connectivity index (χ0n) is 9.82. The van der Waals surface area contributed by atoms with Crippen molar-refractivity contribution < 1.29 is 14.6 Å². The summed E-state index contributed by atoms with van der Waals surface area (Å²) >= 11 is 0. The van der Waals surface area contributed by atoms with E-state index in [4.69, 9.17) is 4.74 Å². The first-order valence-corrected chi connectivity index (χ1v) is 6.32. The third-order valence-corrected chi connectivity index (χ3v) is 3.52. The Morgan fingerprint density at radius 1 is 1.44 bits per heavy atom. The molecule has 0 amide bonds. The van der Waals surface area contributed by atoms with Gasteiger partial charge in [-0.25, -0.2) is 0 Å². The molecule has 2 heterocycles. The van der Waals surface area contributed by atoms with E-state index in [1.165, 1.54) is 0 Å². The van der Waals surface area contributed by atoms with Gasteiger partial charge >= 0.3 is 5.97 Å². The Labute approximate surface area is 96.4 Å². The van der Waals surface area contributed by atoms with Gasteiger partial charge in [-0.3, -0.25) is 4.79 Å². The van der Waals surface area contributed by atoms with Gasteiger partial charge in [-0.15, -0.1) is 0 Å². The van der Waals surface area contributed by atoms with Crippen LogP contribution in [0, 0.1) is 0 Å². The van der Waals surface area contributed by atoms with E-state index < -0.39 is 0 Å². The van der Waals surface area contributed by atoms with E-state index in [-0.39, 0.29) is 24.2 Å². The monoisotopic (exact) mass is 227 g/mol. The third-order valence-electron chi connectivity index (χ3n) is 3.52. The third kappa shape index (κ3) is 2.74. The molecule has 2 rings (SSSR count). The Bertz CT molecular complexity index is 257. The molecule has 0 aliphatic carbocycles. The number of esters is 1. The lowest BCUT2D eigenvalue weighted by molar-refractivity contribution is -0.149. The van der Waals surface area contributed by atoms with Crippen LogP contribution in [0.25, 0.3) is 0 Å². The summed E-state index contributed by atoms with van der Waals surface area (Å²) in [6.07, 6.45) is 4.55. The highest BCUT2D eigenvalue weighted by atomic mass is 16.5. The van der Waals surface area contributed by atoms with Gasteiger partial charge in [-0.2, -0.15) is 0 Å². The fraction of sp³-hybridized carbons (Fsp3) is 0.917. The summed E-state index contributed by atoms with van der Waals surface area (Å²) in [5, 5.41) is 13.0. The second kappa shape index (κ2) is 5.15. The van der Waals surface area contributed by atoms with Gasteiger partial charge in [-0.05, 0) is 19.3 Å². The lowest BCUT2D eigenvalue weighted by atomic mass is 10.0. The van der Waals surface area contributed by atoms with Crippen LogP contribution >= 0.6 is 0 Å². The summed E-state index contributed by atoms with van der Waals surface area (Å²) < 4.78 is 5.46. The van der Waals surface area contributed by atoms with Gasteiger partial charge in [0.25, 0.3) is 0 Å². The molecule has 2 saturated heterocycles. The smallest absolute Gasteiger partial charge is 0.306 e. The summed E-state index contributed by atoms with van der Waals surface area (Å²) in [6, 6.07) is 0.497. The van der Waals surface area contributed by atoms with Crippen molar-refractivity contribution in [2.24, 2.45) is 0 Å². The SMILES string of the molecule is CCCCC(=O)OC1C[C@H]2CC(O)C[C@@H]1N2. The Hall–Kier alpha value is -0.610. The van der Waals surface area contributed by atoms with E-state index in [2.05, 4.69) is 12.2 Å². The normalized spacial score (nSPS) is 37.4. The molecule has 0 aromatic heterocycles. The number of aliphatic hydroxyl groups is 1. The number of piperidine rings is 1. The van der Waals surface area contributed by atoms with E-state index in [1.54, 1.807) is 0 Å². The number of carbonyl (C=O) groups is 1. The first-order chi connectivity index (χ1) is 7.69. The van der Waals surface area contributed by atoms with Crippen molar-refractivity contribution in [3.05, 3.63) is 0 Å². The van der Waals surface area contributed by atoms with Crippen molar-refractivity contribution in [3.8, 4) is 0 Å². The van der Waals surface area contributed by atoms with Crippen LogP contribution in [0.3, 0.4) is 0 Å². The maximum absolute atomic E-state index is 11.5. The fourth-order valence-corrected chi connectivity index (χ4v) is 2.70. The number of hydrogen-bond acceptors (Lipinski definition) is 4. The number of hydrogen-bond donors (Lipinski definition) is 2. The first-order valence-electron chi connectivity index (χ1n) is 6.32. The Kier molecular flexibility index (Phi) is 3.82. The van der Waals surface area contributed by atoms with Gasteiger partial charge in [0.1, 0.15) is 6.10 Å². The lowest BCUT2D eigenvalue weighted by Crippen LogP contribution is -2.43. The lowest BCUT2D eigenvalue weighted by Gasteiger charge is -2.26. The maximum Gasteiger partial charge on any atom is 0.306 e. The molecule has 0 aromatic carbocycles. The summed E-state index contributed by atoms with van der Waals surface area (Å²) in [6.45, 7) is 2.06. The van der Waals surface area contributed by atoms with Crippen LogP contribution in [0.2, 0.25) is 0 Å². The molecule has 4 heteroatoms. The summed E-state index contributed by atoms with van der Waals surface area (Å²) in [7, 11) is 0. The Morgan fingerprint density at radius 2 is 2.25 bits per heavy atom. The standard InChI is InChI=1S/C12H21NO3/c1-2-3-4-12(15)16-11-6-8-5-9(14)7-10(11)13-8/h8-11,13-14H,2-7H2,1H3/t8-,9?,10+,11?/m1/s1. The van der Waals surface area contributed by atoms with Crippen LogP contribution in [-0.4, -0.2) is 35.4 Å². The molecule has 92 valence electrons. The van der Waals surface area contributed by atoms with Crippen molar-refractivity contribution in [2.45, 2.75) is 69.7 Å². The van der Waals surface area contributed by atoms with Crippen molar-refractivity contribution in [1.29, 1.82) is 0 Å². The zero-order valence-corrected chi connectivity index (χ0v) is 9.82. The second-order valence-electron chi connectivity index (χ2n) is 4.96. The van der Waals surface area contributed by atoms with Crippen LogP contribution in [0.5, 0.6) is 0 Å². The minimum absolute atomic E-state index is 0.0218. The van der Waals surface area contributed by atoms with Crippen molar-refractivity contribution >= 4 is 5.97 Å². The van der Waals surface area contributed by atoms with Crippen molar-refractivity contribution in [3.63, 3.8) is 0 Å². The topological polar surface area (TPSA) is 58.6 Å². The molecule has 0 radical (unpaired) electrons. The maximum atomic E-state index is 11.5. The largest absolute Gasteiger partial charge is 0.461 e. The number of aliphatic hydroxyl groups excluding tert-OH is 1. The number of fused-ring (bicyclic) bond motifs is 2. The Morgan fingerprint density at radius 3 is 3.00 bits per heavy atom. The number of nitrogens with one attached hydrogen (secondary N) is 1. The highest BCUT2D eigenvalue weighted by molar-refractivity contribution is 5.69. The first kappa shape index (κ1) is 11.9. The molecule has 4 nitrogen and oxygen atoms in total. The molecule has 0 aromatic rings. The summed E-state index contributed by atoms with van der Waals surface area (Å²) in [5.41, 5.74) is 0. The molecule has 0 spiro atoms. The zero-order chi connectivity index (χ0) is 11.5. The summed E-state index contributed by atoms with van der Waals surface area (Å²) in [5.74, 6) is -0.0873. The highest BCUT2D eigenvalue weighted by Crippen LogP contribution is 2.29. The molecule has 2 aliphatic rings. The average molecular weight is 227 g/mol. The van der Waals surface area contributed by atoms with Gasteiger partial charge in [-0.1, -0.05) is 13.3 Å². The van der Waals surface area contributed by atoms with Crippen LogP contribution in [0.4, 0.5) is 0 Å². The van der Waals surface area contributed by atoms with Gasteiger partial charge in [0.05, 0.1) is 6.10 Å². The van der Waals surface area contributed by atoms with E-state index in [1.807, 2.05) is 0 Å². The van der Waals surface area contributed by atoms with Crippen molar-refractivity contribution in [1.82, 2.24) is 5.32 Å². The van der Waals surface area contributed by atoms with Crippen LogP contribution < -0.4 is 5.32 Å². The molecule has 2 bridgehead atoms. The predicted octanol–water partition coefficient (Wildman–Crippen LogP) is 0.974. The molecule has 4 atom stereocenters. The minimum Gasteiger partial charge on any atom is -0.461 e. The quantitative estimate of drug-likeness (QED) is 0.703. The predicted molar refractivity (Wildman–Crippen MR) is 60.0 cm³/mol. The second-order valence-corrected chi connectivity index (χ2v) is 4.96. The van der Waals surface area contributed by atoms with Crippen LogP contribution in [0.15, 0.2) is 0 Å². The van der Waals surface area contributed by atoms with Gasteiger partial charge in [0.2, 0.25) is 0 Å². The molecule has 2 unspecified atom stereocenters. The molecule has 2 N–H and O–H groups in total. The number of carbonyl (C=O) groups excluding carboxylic acids is 1. The van der Waals surface area contributed by atoms with E-state index in [9.17, 15) is 9.90 Å². The van der Waals surface area contributed by atoms with E-state index in [0.29, 0.717) is 18.9 Å². The Balaban J connectivity index is 1.80. The number of ether oxygens (including phenoxy) is 1. The molecule has 2 fully saturated rings. The van der Waals surface area contributed by atoms with Gasteiger partial charge < -0.3 is 15.2 Å². The van der Waals surface area contributed by atoms with E-state index >= 15 is 0 Å². The summed E-state index contributed by atoms with van der Waals surface area (Å²) in [4.78, 5) is 11.5.